The van der Waals surface area contributed by atoms with E-state index in [-0.39, 0.29) is 18.3 Å². The summed E-state index contributed by atoms with van der Waals surface area (Å²) in [7, 11) is 1.56. The maximum Gasteiger partial charge on any atom is 0.261 e. The highest BCUT2D eigenvalue weighted by molar-refractivity contribution is 7.21. The first kappa shape index (κ1) is 19.5. The van der Waals surface area contributed by atoms with Crippen LogP contribution in [0.1, 0.15) is 50.1 Å². The molecule has 148 valence electrons. The standard InChI is InChI=1S/C21H23FN2O2S2/c1-26-12-13-19-14(22)6-4-9-17(19)28-20(13)21(25)23-11-5-10-18-24-15-7-2-3-8-16(15)27-18/h4,6,9H,2-3,5,7-8,10-12H2,1H3,(H,23,25). The van der Waals surface area contributed by atoms with Crippen molar-refractivity contribution in [2.75, 3.05) is 13.7 Å². The van der Waals surface area contributed by atoms with E-state index in [0.29, 0.717) is 22.4 Å². The van der Waals surface area contributed by atoms with Crippen LogP contribution in [0.3, 0.4) is 0 Å². The SMILES string of the molecule is COCc1c(C(=O)NCCCc2nc3c(s2)CCCC3)sc2cccc(F)c12. The van der Waals surface area contributed by atoms with Gasteiger partial charge in [0.15, 0.2) is 0 Å². The molecule has 0 saturated carbocycles. The summed E-state index contributed by atoms with van der Waals surface area (Å²) in [5, 5.41) is 4.65. The monoisotopic (exact) mass is 418 g/mol. The average Bonchev–Trinajstić information content (AvgIpc) is 3.27. The Hall–Kier alpha value is -1.83. The fraction of sp³-hybridized carbons (Fsp3) is 0.429. The van der Waals surface area contributed by atoms with Crippen molar-refractivity contribution in [3.63, 3.8) is 0 Å². The Morgan fingerprint density at radius 1 is 1.29 bits per heavy atom. The van der Waals surface area contributed by atoms with Gasteiger partial charge in [-0.05, 0) is 44.2 Å². The molecule has 1 amide bonds. The van der Waals surface area contributed by atoms with Crippen molar-refractivity contribution in [2.24, 2.45) is 0 Å². The number of nitrogens with one attached hydrogen (secondary N) is 1. The number of rotatable bonds is 7. The molecule has 0 radical (unpaired) electrons. The number of thiazole rings is 1. The second-order valence-corrected chi connectivity index (χ2v) is 9.22. The van der Waals surface area contributed by atoms with E-state index in [4.69, 9.17) is 9.72 Å². The number of methoxy groups -OCH3 is 1. The predicted octanol–water partition coefficient (Wildman–Crippen LogP) is 4.88. The highest BCUT2D eigenvalue weighted by atomic mass is 32.1. The lowest BCUT2D eigenvalue weighted by atomic mass is 10.0. The number of thiophene rings is 1. The molecule has 2 heterocycles. The Balaban J connectivity index is 1.39. The summed E-state index contributed by atoms with van der Waals surface area (Å²) in [5.74, 6) is -0.473. The fourth-order valence-corrected chi connectivity index (χ4v) is 6.00. The smallest absolute Gasteiger partial charge is 0.261 e. The van der Waals surface area contributed by atoms with Crippen molar-refractivity contribution < 1.29 is 13.9 Å². The van der Waals surface area contributed by atoms with Gasteiger partial charge in [-0.3, -0.25) is 4.79 Å². The highest BCUT2D eigenvalue weighted by Crippen LogP contribution is 2.33. The number of hydrogen-bond acceptors (Lipinski definition) is 5. The molecule has 1 aromatic carbocycles. The number of ether oxygens (including phenoxy) is 1. The lowest BCUT2D eigenvalue weighted by Gasteiger charge is -2.06. The van der Waals surface area contributed by atoms with Gasteiger partial charge in [0.2, 0.25) is 0 Å². The molecule has 4 rings (SSSR count). The molecule has 0 unspecified atom stereocenters. The van der Waals surface area contributed by atoms with Crippen molar-refractivity contribution in [3.05, 3.63) is 50.0 Å². The first-order valence-corrected chi connectivity index (χ1v) is 11.2. The van der Waals surface area contributed by atoms with Crippen molar-refractivity contribution >= 4 is 38.7 Å². The van der Waals surface area contributed by atoms with E-state index in [1.54, 1.807) is 13.2 Å². The van der Waals surface area contributed by atoms with Gasteiger partial charge in [0.05, 0.1) is 22.2 Å². The molecule has 3 aromatic rings. The van der Waals surface area contributed by atoms with Crippen LogP contribution in [0.15, 0.2) is 18.2 Å². The van der Waals surface area contributed by atoms with Crippen LogP contribution in [0.4, 0.5) is 4.39 Å². The largest absolute Gasteiger partial charge is 0.380 e. The number of aryl methyl sites for hydroxylation is 3. The number of carbonyl (C=O) groups is 1. The van der Waals surface area contributed by atoms with E-state index in [0.717, 1.165) is 30.4 Å². The molecule has 2 aromatic heterocycles. The number of halogens is 1. The van der Waals surface area contributed by atoms with Crippen molar-refractivity contribution in [3.8, 4) is 0 Å². The molecule has 28 heavy (non-hydrogen) atoms. The number of amides is 1. The summed E-state index contributed by atoms with van der Waals surface area (Å²) in [6.07, 6.45) is 6.50. The Kier molecular flexibility index (Phi) is 6.04. The maximum absolute atomic E-state index is 14.3. The van der Waals surface area contributed by atoms with Crippen LogP contribution in [0, 0.1) is 5.82 Å². The molecule has 0 atom stereocenters. The fourth-order valence-electron chi connectivity index (χ4n) is 3.67. The number of benzene rings is 1. The van der Waals surface area contributed by atoms with Gasteiger partial charge in [-0.1, -0.05) is 6.07 Å². The normalized spacial score (nSPS) is 13.6. The van der Waals surface area contributed by atoms with E-state index >= 15 is 0 Å². The van der Waals surface area contributed by atoms with Crippen LogP contribution < -0.4 is 5.32 Å². The first-order valence-electron chi connectivity index (χ1n) is 9.62. The van der Waals surface area contributed by atoms with Crippen LogP contribution in [0.25, 0.3) is 10.1 Å². The van der Waals surface area contributed by atoms with Crippen LogP contribution in [-0.2, 0) is 30.6 Å². The molecular formula is C21H23FN2O2S2. The Labute approximate surface area is 171 Å². The molecule has 0 saturated heterocycles. The number of hydrogen-bond donors (Lipinski definition) is 1. The number of fused-ring (bicyclic) bond motifs is 2. The summed E-state index contributed by atoms with van der Waals surface area (Å²) in [4.78, 5) is 19.4. The molecule has 4 nitrogen and oxygen atoms in total. The summed E-state index contributed by atoms with van der Waals surface area (Å²) < 4.78 is 20.2. The second-order valence-electron chi connectivity index (χ2n) is 7.00. The molecule has 0 fully saturated rings. The van der Waals surface area contributed by atoms with Crippen molar-refractivity contribution in [1.82, 2.24) is 10.3 Å². The molecule has 1 N–H and O–H groups in total. The van der Waals surface area contributed by atoms with Crippen LogP contribution in [0.2, 0.25) is 0 Å². The minimum Gasteiger partial charge on any atom is -0.380 e. The average molecular weight is 419 g/mol. The summed E-state index contributed by atoms with van der Waals surface area (Å²) in [5.41, 5.74) is 1.91. The van der Waals surface area contributed by atoms with Gasteiger partial charge in [0, 0.05) is 40.6 Å². The molecule has 0 bridgehead atoms. The molecule has 0 spiro atoms. The van der Waals surface area contributed by atoms with E-state index in [1.807, 2.05) is 17.4 Å². The third kappa shape index (κ3) is 3.97. The topological polar surface area (TPSA) is 51.2 Å². The third-order valence-electron chi connectivity index (χ3n) is 5.00. The number of carbonyl (C=O) groups excluding carboxylic acids is 1. The number of aromatic nitrogens is 1. The van der Waals surface area contributed by atoms with Gasteiger partial charge in [0.25, 0.3) is 5.91 Å². The van der Waals surface area contributed by atoms with Crippen molar-refractivity contribution in [1.29, 1.82) is 0 Å². The maximum atomic E-state index is 14.3. The Bertz CT molecular complexity index is 972. The van der Waals surface area contributed by atoms with E-state index in [9.17, 15) is 9.18 Å². The van der Waals surface area contributed by atoms with Gasteiger partial charge in [-0.15, -0.1) is 22.7 Å². The van der Waals surface area contributed by atoms with E-state index < -0.39 is 0 Å². The minimum atomic E-state index is -0.312. The quantitative estimate of drug-likeness (QED) is 0.556. The summed E-state index contributed by atoms with van der Waals surface area (Å²) in [6, 6.07) is 4.92. The van der Waals surface area contributed by atoms with Crippen LogP contribution in [0.5, 0.6) is 0 Å². The van der Waals surface area contributed by atoms with Gasteiger partial charge < -0.3 is 10.1 Å². The van der Waals surface area contributed by atoms with Gasteiger partial charge >= 0.3 is 0 Å². The third-order valence-corrected chi connectivity index (χ3v) is 7.41. The van der Waals surface area contributed by atoms with E-state index in [1.165, 1.54) is 45.8 Å². The van der Waals surface area contributed by atoms with Crippen LogP contribution in [-0.4, -0.2) is 24.5 Å². The Morgan fingerprint density at radius 3 is 2.96 bits per heavy atom. The van der Waals surface area contributed by atoms with Crippen molar-refractivity contribution in [2.45, 2.75) is 45.1 Å². The molecule has 0 aliphatic heterocycles. The molecule has 7 heteroatoms. The van der Waals surface area contributed by atoms with E-state index in [2.05, 4.69) is 5.32 Å². The van der Waals surface area contributed by atoms with Gasteiger partial charge in [-0.25, -0.2) is 9.37 Å². The lowest BCUT2D eigenvalue weighted by Crippen LogP contribution is -2.25. The zero-order valence-electron chi connectivity index (χ0n) is 15.8. The second kappa shape index (κ2) is 8.68. The molecular weight excluding hydrogens is 395 g/mol. The predicted molar refractivity (Wildman–Crippen MR) is 112 cm³/mol. The zero-order valence-corrected chi connectivity index (χ0v) is 17.5. The lowest BCUT2D eigenvalue weighted by molar-refractivity contribution is 0.0953. The number of nitrogens with zero attached hydrogens (tertiary/aromatic N) is 1. The van der Waals surface area contributed by atoms with Gasteiger partial charge in [0.1, 0.15) is 5.82 Å². The van der Waals surface area contributed by atoms with Gasteiger partial charge in [-0.2, -0.15) is 0 Å². The Morgan fingerprint density at radius 2 is 2.14 bits per heavy atom. The molecule has 1 aliphatic rings. The minimum absolute atomic E-state index is 0.161. The summed E-state index contributed by atoms with van der Waals surface area (Å²) in [6.45, 7) is 0.792. The molecule has 1 aliphatic carbocycles. The first-order chi connectivity index (χ1) is 13.7. The highest BCUT2D eigenvalue weighted by Gasteiger charge is 2.20. The van der Waals surface area contributed by atoms with Crippen LogP contribution >= 0.6 is 22.7 Å². The zero-order chi connectivity index (χ0) is 19.5. The summed E-state index contributed by atoms with van der Waals surface area (Å²) >= 11 is 3.14.